The Balaban J connectivity index is 1.53. The summed E-state index contributed by atoms with van der Waals surface area (Å²) in [5.74, 6) is 0.297. The van der Waals surface area contributed by atoms with E-state index in [0.29, 0.717) is 5.91 Å². The van der Waals surface area contributed by atoms with Crippen LogP contribution in [0.15, 0.2) is 11.6 Å². The van der Waals surface area contributed by atoms with E-state index in [0.717, 1.165) is 44.3 Å². The number of hydrogen-bond donors (Lipinski definition) is 1. The molecule has 2 aliphatic heterocycles. The van der Waals surface area contributed by atoms with Crippen LogP contribution in [0.2, 0.25) is 0 Å². The fourth-order valence-corrected chi connectivity index (χ4v) is 3.65. The average Bonchev–Trinajstić information content (AvgIpc) is 2.89. The smallest absolute Gasteiger partial charge is 0.239 e. The Morgan fingerprint density at radius 3 is 2.85 bits per heavy atom. The molecule has 6 heteroatoms. The molecule has 2 aliphatic rings. The number of rotatable bonds is 2. The number of nitrogens with one attached hydrogen (secondary N) is 1. The van der Waals surface area contributed by atoms with Crippen LogP contribution in [0.1, 0.15) is 25.7 Å². The van der Waals surface area contributed by atoms with Crippen molar-refractivity contribution >= 4 is 22.4 Å². The molecular formula is C14H22N4OS. The minimum atomic E-state index is 0.0453. The van der Waals surface area contributed by atoms with E-state index >= 15 is 0 Å². The Hall–Kier alpha value is -1.14. The van der Waals surface area contributed by atoms with Gasteiger partial charge in [-0.05, 0) is 19.4 Å². The maximum Gasteiger partial charge on any atom is 0.239 e. The standard InChI is InChI=1S/C14H22N4OS/c19-13(12-4-2-1-3-5-15-12)17-7-9-18(10-8-17)14-16-6-11-20-14/h6,11-12,15H,1-5,7-10H2. The summed E-state index contributed by atoms with van der Waals surface area (Å²) < 4.78 is 0. The highest BCUT2D eigenvalue weighted by Crippen LogP contribution is 2.19. The first kappa shape index (κ1) is 13.8. The minimum Gasteiger partial charge on any atom is -0.345 e. The highest BCUT2D eigenvalue weighted by molar-refractivity contribution is 7.13. The monoisotopic (exact) mass is 294 g/mol. The second kappa shape index (κ2) is 6.54. The lowest BCUT2D eigenvalue weighted by Gasteiger charge is -2.36. The maximum absolute atomic E-state index is 12.5. The molecular weight excluding hydrogens is 272 g/mol. The molecule has 110 valence electrons. The van der Waals surface area contributed by atoms with Crippen LogP contribution in [0.3, 0.4) is 0 Å². The van der Waals surface area contributed by atoms with Crippen molar-refractivity contribution in [2.45, 2.75) is 31.7 Å². The average molecular weight is 294 g/mol. The van der Waals surface area contributed by atoms with Gasteiger partial charge < -0.3 is 15.1 Å². The maximum atomic E-state index is 12.5. The van der Waals surface area contributed by atoms with Gasteiger partial charge in [0.05, 0.1) is 6.04 Å². The number of amides is 1. The summed E-state index contributed by atoms with van der Waals surface area (Å²) in [5.41, 5.74) is 0. The fraction of sp³-hybridized carbons (Fsp3) is 0.714. The van der Waals surface area contributed by atoms with Gasteiger partial charge >= 0.3 is 0 Å². The topological polar surface area (TPSA) is 48.5 Å². The third kappa shape index (κ3) is 3.12. The van der Waals surface area contributed by atoms with Gasteiger partial charge in [0.15, 0.2) is 5.13 Å². The predicted molar refractivity (Wildman–Crippen MR) is 81.2 cm³/mol. The molecule has 0 bridgehead atoms. The number of thiazole rings is 1. The Bertz CT molecular complexity index is 420. The van der Waals surface area contributed by atoms with Gasteiger partial charge in [0.2, 0.25) is 5.91 Å². The molecule has 3 heterocycles. The number of nitrogens with zero attached hydrogens (tertiary/aromatic N) is 3. The van der Waals surface area contributed by atoms with Gasteiger partial charge in [-0.1, -0.05) is 12.8 Å². The molecule has 1 atom stereocenters. The Labute approximate surface area is 124 Å². The van der Waals surface area contributed by atoms with Crippen molar-refractivity contribution in [3.8, 4) is 0 Å². The van der Waals surface area contributed by atoms with Crippen LogP contribution in [0, 0.1) is 0 Å². The van der Waals surface area contributed by atoms with E-state index < -0.39 is 0 Å². The molecule has 1 N–H and O–H groups in total. The first-order valence-electron chi connectivity index (χ1n) is 7.51. The van der Waals surface area contributed by atoms with Gasteiger partial charge in [0.25, 0.3) is 0 Å². The molecule has 1 aromatic heterocycles. The number of aromatic nitrogens is 1. The number of hydrogen-bond acceptors (Lipinski definition) is 5. The molecule has 2 fully saturated rings. The zero-order valence-corrected chi connectivity index (χ0v) is 12.6. The molecule has 2 saturated heterocycles. The van der Waals surface area contributed by atoms with Gasteiger partial charge in [-0.3, -0.25) is 4.79 Å². The van der Waals surface area contributed by atoms with Gasteiger partial charge in [0, 0.05) is 37.8 Å². The summed E-state index contributed by atoms with van der Waals surface area (Å²) >= 11 is 1.67. The number of carbonyl (C=O) groups is 1. The van der Waals surface area contributed by atoms with Crippen LogP contribution in [0.5, 0.6) is 0 Å². The number of carbonyl (C=O) groups excluding carboxylic acids is 1. The second-order valence-electron chi connectivity index (χ2n) is 5.48. The van der Waals surface area contributed by atoms with Crippen molar-refractivity contribution in [1.82, 2.24) is 15.2 Å². The molecule has 1 unspecified atom stereocenters. The molecule has 0 aliphatic carbocycles. The Kier molecular flexibility index (Phi) is 4.52. The predicted octanol–water partition coefficient (Wildman–Crippen LogP) is 1.32. The van der Waals surface area contributed by atoms with Crippen LogP contribution in [0.4, 0.5) is 5.13 Å². The van der Waals surface area contributed by atoms with Gasteiger partial charge in [-0.15, -0.1) is 11.3 Å². The van der Waals surface area contributed by atoms with E-state index in [1.165, 1.54) is 19.3 Å². The largest absolute Gasteiger partial charge is 0.345 e. The molecule has 0 radical (unpaired) electrons. The molecule has 20 heavy (non-hydrogen) atoms. The van der Waals surface area contributed by atoms with Crippen LogP contribution < -0.4 is 10.2 Å². The van der Waals surface area contributed by atoms with E-state index in [-0.39, 0.29) is 6.04 Å². The van der Waals surface area contributed by atoms with Crippen molar-refractivity contribution in [3.05, 3.63) is 11.6 Å². The van der Waals surface area contributed by atoms with Crippen molar-refractivity contribution in [2.24, 2.45) is 0 Å². The summed E-state index contributed by atoms with van der Waals surface area (Å²) in [7, 11) is 0. The highest BCUT2D eigenvalue weighted by atomic mass is 32.1. The molecule has 1 amide bonds. The summed E-state index contributed by atoms with van der Waals surface area (Å²) in [6.07, 6.45) is 6.44. The lowest BCUT2D eigenvalue weighted by molar-refractivity contribution is -0.133. The lowest BCUT2D eigenvalue weighted by atomic mass is 10.1. The zero-order valence-electron chi connectivity index (χ0n) is 11.8. The van der Waals surface area contributed by atoms with E-state index in [4.69, 9.17) is 0 Å². The van der Waals surface area contributed by atoms with Gasteiger partial charge in [-0.25, -0.2) is 4.98 Å². The summed E-state index contributed by atoms with van der Waals surface area (Å²) in [6.45, 7) is 4.40. The molecule has 1 aromatic rings. The first-order chi connectivity index (χ1) is 9.84. The minimum absolute atomic E-state index is 0.0453. The van der Waals surface area contributed by atoms with Crippen LogP contribution in [0.25, 0.3) is 0 Å². The van der Waals surface area contributed by atoms with Crippen molar-refractivity contribution in [1.29, 1.82) is 0 Å². The number of anilines is 1. The van der Waals surface area contributed by atoms with Gasteiger partial charge in [0.1, 0.15) is 0 Å². The van der Waals surface area contributed by atoms with Crippen LogP contribution in [-0.4, -0.2) is 54.6 Å². The van der Waals surface area contributed by atoms with E-state index in [1.54, 1.807) is 11.3 Å². The SMILES string of the molecule is O=C(C1CCCCCN1)N1CCN(c2nccs2)CC1. The number of piperazine rings is 1. The van der Waals surface area contributed by atoms with Crippen molar-refractivity contribution in [3.63, 3.8) is 0 Å². The van der Waals surface area contributed by atoms with Crippen molar-refractivity contribution in [2.75, 3.05) is 37.6 Å². The summed E-state index contributed by atoms with van der Waals surface area (Å²) in [4.78, 5) is 21.2. The van der Waals surface area contributed by atoms with E-state index in [2.05, 4.69) is 15.2 Å². The van der Waals surface area contributed by atoms with E-state index in [1.807, 2.05) is 16.5 Å². The Morgan fingerprint density at radius 1 is 1.25 bits per heavy atom. The third-order valence-electron chi connectivity index (χ3n) is 4.14. The van der Waals surface area contributed by atoms with Gasteiger partial charge in [-0.2, -0.15) is 0 Å². The van der Waals surface area contributed by atoms with Crippen LogP contribution >= 0.6 is 11.3 Å². The summed E-state index contributed by atoms with van der Waals surface area (Å²) in [5, 5.41) is 6.48. The fourth-order valence-electron chi connectivity index (χ4n) is 2.95. The first-order valence-corrected chi connectivity index (χ1v) is 8.39. The quantitative estimate of drug-likeness (QED) is 0.894. The zero-order chi connectivity index (χ0) is 13.8. The van der Waals surface area contributed by atoms with Crippen molar-refractivity contribution < 1.29 is 4.79 Å². The normalized spacial score (nSPS) is 24.5. The van der Waals surface area contributed by atoms with Crippen LogP contribution in [-0.2, 0) is 4.79 Å². The second-order valence-corrected chi connectivity index (χ2v) is 6.36. The molecule has 0 spiro atoms. The highest BCUT2D eigenvalue weighted by Gasteiger charge is 2.28. The Morgan fingerprint density at radius 2 is 2.10 bits per heavy atom. The molecule has 3 rings (SSSR count). The molecule has 0 aromatic carbocycles. The lowest BCUT2D eigenvalue weighted by Crippen LogP contribution is -2.54. The molecule has 0 saturated carbocycles. The third-order valence-corrected chi connectivity index (χ3v) is 4.97. The summed E-state index contributed by atoms with van der Waals surface area (Å²) in [6, 6.07) is 0.0453. The van der Waals surface area contributed by atoms with E-state index in [9.17, 15) is 4.79 Å². The molecule has 5 nitrogen and oxygen atoms in total.